The number of halogens is 1. The highest BCUT2D eigenvalue weighted by Gasteiger charge is 2.25. The minimum atomic E-state index is -0.175. The molecule has 2 atom stereocenters. The minimum Gasteiger partial charge on any atom is -0.368 e. The zero-order valence-corrected chi connectivity index (χ0v) is 12.1. The van der Waals surface area contributed by atoms with Gasteiger partial charge in [-0.15, -0.1) is 0 Å². The summed E-state index contributed by atoms with van der Waals surface area (Å²) in [4.78, 5) is 4.38. The van der Waals surface area contributed by atoms with Gasteiger partial charge in [-0.1, -0.05) is 12.1 Å². The molecule has 3 nitrogen and oxygen atoms in total. The second-order valence-corrected chi connectivity index (χ2v) is 5.64. The zero-order chi connectivity index (χ0) is 14.0. The molecule has 1 saturated heterocycles. The van der Waals surface area contributed by atoms with Crippen LogP contribution in [0.2, 0.25) is 0 Å². The molecule has 1 unspecified atom stereocenters. The molecule has 0 aliphatic carbocycles. The molecule has 0 saturated carbocycles. The van der Waals surface area contributed by atoms with Crippen LogP contribution in [0.15, 0.2) is 18.2 Å². The molecule has 2 rings (SSSR count). The first-order valence-corrected chi connectivity index (χ1v) is 6.96. The van der Waals surface area contributed by atoms with Crippen molar-refractivity contribution in [2.24, 2.45) is 5.73 Å². The van der Waals surface area contributed by atoms with Crippen LogP contribution in [-0.4, -0.2) is 38.1 Å². The lowest BCUT2D eigenvalue weighted by Gasteiger charge is -2.38. The van der Waals surface area contributed by atoms with Gasteiger partial charge in [0.05, 0.1) is 5.69 Å². The van der Waals surface area contributed by atoms with Crippen LogP contribution in [0.5, 0.6) is 0 Å². The predicted octanol–water partition coefficient (Wildman–Crippen LogP) is 2.38. The number of benzene rings is 1. The van der Waals surface area contributed by atoms with Crippen LogP contribution < -0.4 is 10.6 Å². The van der Waals surface area contributed by atoms with Gasteiger partial charge in [-0.05, 0) is 45.0 Å². The van der Waals surface area contributed by atoms with E-state index < -0.39 is 0 Å². The lowest BCUT2D eigenvalue weighted by Crippen LogP contribution is -2.45. The average molecular weight is 265 g/mol. The first kappa shape index (κ1) is 14.3. The number of likely N-dealkylation sites (N-methyl/N-ethyl adjacent to an activating group) is 2. The highest BCUT2D eigenvalue weighted by atomic mass is 19.1. The Morgan fingerprint density at radius 1 is 1.47 bits per heavy atom. The normalized spacial score (nSPS) is 22.3. The summed E-state index contributed by atoms with van der Waals surface area (Å²) in [5, 5.41) is 0. The van der Waals surface area contributed by atoms with E-state index in [0.717, 1.165) is 31.5 Å². The van der Waals surface area contributed by atoms with Crippen LogP contribution in [0.3, 0.4) is 0 Å². The molecule has 106 valence electrons. The third-order valence-corrected chi connectivity index (χ3v) is 4.01. The molecule has 1 aliphatic rings. The number of nitrogens with two attached hydrogens (primary N) is 1. The Kier molecular flexibility index (Phi) is 4.42. The number of likely N-dealkylation sites (tertiary alicyclic amines) is 1. The van der Waals surface area contributed by atoms with Gasteiger partial charge in [0, 0.05) is 25.7 Å². The van der Waals surface area contributed by atoms with Crippen LogP contribution in [0, 0.1) is 5.82 Å². The van der Waals surface area contributed by atoms with Crippen LogP contribution in [0.25, 0.3) is 0 Å². The first-order chi connectivity index (χ1) is 9.00. The van der Waals surface area contributed by atoms with Crippen molar-refractivity contribution < 1.29 is 4.39 Å². The van der Waals surface area contributed by atoms with Crippen molar-refractivity contribution in [2.75, 3.05) is 32.1 Å². The fourth-order valence-electron chi connectivity index (χ4n) is 2.91. The topological polar surface area (TPSA) is 32.5 Å². The Bertz CT molecular complexity index is 433. The van der Waals surface area contributed by atoms with Crippen molar-refractivity contribution in [1.29, 1.82) is 0 Å². The summed E-state index contributed by atoms with van der Waals surface area (Å²) >= 11 is 0. The van der Waals surface area contributed by atoms with Gasteiger partial charge >= 0.3 is 0 Å². The van der Waals surface area contributed by atoms with E-state index in [9.17, 15) is 4.39 Å². The van der Waals surface area contributed by atoms with E-state index in [-0.39, 0.29) is 11.9 Å². The van der Waals surface area contributed by atoms with Gasteiger partial charge in [-0.2, -0.15) is 0 Å². The van der Waals surface area contributed by atoms with Crippen molar-refractivity contribution in [2.45, 2.75) is 31.8 Å². The van der Waals surface area contributed by atoms with E-state index in [1.165, 1.54) is 6.07 Å². The number of hydrogen-bond donors (Lipinski definition) is 1. The van der Waals surface area contributed by atoms with Crippen LogP contribution >= 0.6 is 0 Å². The van der Waals surface area contributed by atoms with E-state index in [1.54, 1.807) is 6.07 Å². The smallest absolute Gasteiger partial charge is 0.146 e. The number of nitrogens with zero attached hydrogens (tertiary/aromatic N) is 2. The number of para-hydroxylation sites is 1. The summed E-state index contributed by atoms with van der Waals surface area (Å²) in [5.41, 5.74) is 7.52. The molecule has 0 bridgehead atoms. The van der Waals surface area contributed by atoms with E-state index >= 15 is 0 Å². The predicted molar refractivity (Wildman–Crippen MR) is 77.9 cm³/mol. The van der Waals surface area contributed by atoms with Gasteiger partial charge in [0.15, 0.2) is 0 Å². The van der Waals surface area contributed by atoms with Crippen molar-refractivity contribution >= 4 is 5.69 Å². The Morgan fingerprint density at radius 2 is 2.21 bits per heavy atom. The minimum absolute atomic E-state index is 0.158. The van der Waals surface area contributed by atoms with Crippen LogP contribution in [0.4, 0.5) is 10.1 Å². The SMILES string of the molecule is C[C@@H](N)c1cccc(F)c1N(C)C1CCCN(C)C1. The second-order valence-electron chi connectivity index (χ2n) is 5.64. The fraction of sp³-hybridized carbons (Fsp3) is 0.600. The summed E-state index contributed by atoms with van der Waals surface area (Å²) in [6, 6.07) is 5.37. The van der Waals surface area contributed by atoms with Crippen molar-refractivity contribution in [1.82, 2.24) is 4.90 Å². The third kappa shape index (κ3) is 3.07. The molecular formula is C15H24FN3. The van der Waals surface area contributed by atoms with Gasteiger partial charge < -0.3 is 15.5 Å². The molecule has 1 heterocycles. The summed E-state index contributed by atoms with van der Waals surface area (Å²) in [6.45, 7) is 4.00. The van der Waals surface area contributed by atoms with Crippen molar-refractivity contribution in [3.05, 3.63) is 29.6 Å². The molecule has 0 radical (unpaired) electrons. The Morgan fingerprint density at radius 3 is 2.84 bits per heavy atom. The maximum atomic E-state index is 14.2. The van der Waals surface area contributed by atoms with Crippen molar-refractivity contribution in [3.8, 4) is 0 Å². The number of rotatable bonds is 3. The lowest BCUT2D eigenvalue weighted by molar-refractivity contribution is 0.247. The third-order valence-electron chi connectivity index (χ3n) is 4.01. The van der Waals surface area contributed by atoms with Gasteiger partial charge in [-0.25, -0.2) is 4.39 Å². The Labute approximate surface area is 115 Å². The standard InChI is InChI=1S/C15H24FN3/c1-11(17)13-7-4-8-14(16)15(13)19(3)12-6-5-9-18(2)10-12/h4,7-8,11-12H,5-6,9-10,17H2,1-3H3/t11-,12?/m1/s1. The molecule has 1 aromatic carbocycles. The molecule has 1 aliphatic heterocycles. The molecule has 0 spiro atoms. The summed E-state index contributed by atoms with van der Waals surface area (Å²) in [7, 11) is 4.10. The van der Waals surface area contributed by atoms with E-state index in [0.29, 0.717) is 11.7 Å². The number of hydrogen-bond acceptors (Lipinski definition) is 3. The largest absolute Gasteiger partial charge is 0.368 e. The molecule has 0 aromatic heterocycles. The summed E-state index contributed by atoms with van der Waals surface area (Å²) in [5.74, 6) is -0.175. The van der Waals surface area contributed by atoms with Crippen LogP contribution in [-0.2, 0) is 0 Å². The van der Waals surface area contributed by atoms with E-state index in [4.69, 9.17) is 5.73 Å². The van der Waals surface area contributed by atoms with Crippen LogP contribution in [0.1, 0.15) is 31.4 Å². The Balaban J connectivity index is 2.29. The fourth-order valence-corrected chi connectivity index (χ4v) is 2.91. The molecule has 2 N–H and O–H groups in total. The number of piperidine rings is 1. The average Bonchev–Trinajstić information content (AvgIpc) is 2.37. The molecular weight excluding hydrogens is 241 g/mol. The molecule has 4 heteroatoms. The molecule has 19 heavy (non-hydrogen) atoms. The first-order valence-electron chi connectivity index (χ1n) is 6.96. The van der Waals surface area contributed by atoms with E-state index in [1.807, 2.05) is 20.0 Å². The lowest BCUT2D eigenvalue weighted by atomic mass is 10.0. The monoisotopic (exact) mass is 265 g/mol. The quantitative estimate of drug-likeness (QED) is 0.910. The molecule has 0 amide bonds. The summed E-state index contributed by atoms with van der Waals surface area (Å²) in [6.07, 6.45) is 2.26. The van der Waals surface area contributed by atoms with Crippen molar-refractivity contribution in [3.63, 3.8) is 0 Å². The van der Waals surface area contributed by atoms with Gasteiger partial charge in [-0.3, -0.25) is 0 Å². The zero-order valence-electron chi connectivity index (χ0n) is 12.1. The van der Waals surface area contributed by atoms with Gasteiger partial charge in [0.25, 0.3) is 0 Å². The van der Waals surface area contributed by atoms with Gasteiger partial charge in [0.1, 0.15) is 5.82 Å². The Hall–Kier alpha value is -1.13. The molecule has 1 aromatic rings. The summed E-state index contributed by atoms with van der Waals surface area (Å²) < 4.78 is 14.2. The van der Waals surface area contributed by atoms with Gasteiger partial charge in [0.2, 0.25) is 0 Å². The van der Waals surface area contributed by atoms with E-state index in [2.05, 4.69) is 16.8 Å². The number of anilines is 1. The highest BCUT2D eigenvalue weighted by Crippen LogP contribution is 2.30. The molecule has 1 fully saturated rings. The maximum Gasteiger partial charge on any atom is 0.146 e. The maximum absolute atomic E-state index is 14.2. The second kappa shape index (κ2) is 5.88. The highest BCUT2D eigenvalue weighted by molar-refractivity contribution is 5.56.